The number of amides is 1. The van der Waals surface area contributed by atoms with Crippen LogP contribution in [0, 0.1) is 23.2 Å². The molecule has 2 atom stereocenters. The standard InChI is InChI=1S/C10H17N3O/c1-8(5-11)7-13(2)10(14)9-3-4-12-6-9/h8-9,12H,3-4,6-7H2,1-2H3. The van der Waals surface area contributed by atoms with Gasteiger partial charge < -0.3 is 10.2 Å². The third-order valence-electron chi connectivity index (χ3n) is 2.55. The maximum atomic E-state index is 11.8. The predicted molar refractivity (Wildman–Crippen MR) is 53.4 cm³/mol. The van der Waals surface area contributed by atoms with Crippen molar-refractivity contribution >= 4 is 5.91 Å². The van der Waals surface area contributed by atoms with Gasteiger partial charge in [0, 0.05) is 20.1 Å². The van der Waals surface area contributed by atoms with E-state index in [-0.39, 0.29) is 17.7 Å². The largest absolute Gasteiger partial charge is 0.344 e. The van der Waals surface area contributed by atoms with Gasteiger partial charge in [0.1, 0.15) is 0 Å². The Kier molecular flexibility index (Phi) is 3.90. The third-order valence-corrected chi connectivity index (χ3v) is 2.55. The van der Waals surface area contributed by atoms with Crippen molar-refractivity contribution < 1.29 is 4.79 Å². The van der Waals surface area contributed by atoms with Gasteiger partial charge in [0.15, 0.2) is 0 Å². The summed E-state index contributed by atoms with van der Waals surface area (Å²) in [5, 5.41) is 11.8. The highest BCUT2D eigenvalue weighted by Gasteiger charge is 2.25. The number of hydrogen-bond donors (Lipinski definition) is 1. The molecule has 14 heavy (non-hydrogen) atoms. The van der Waals surface area contributed by atoms with Gasteiger partial charge in [-0.2, -0.15) is 5.26 Å². The summed E-state index contributed by atoms with van der Waals surface area (Å²) in [4.78, 5) is 13.4. The highest BCUT2D eigenvalue weighted by atomic mass is 16.2. The molecule has 4 heteroatoms. The Morgan fingerprint density at radius 3 is 3.00 bits per heavy atom. The van der Waals surface area contributed by atoms with Crippen molar-refractivity contribution in [3.8, 4) is 6.07 Å². The van der Waals surface area contributed by atoms with Gasteiger partial charge >= 0.3 is 0 Å². The molecule has 78 valence electrons. The van der Waals surface area contributed by atoms with E-state index in [2.05, 4.69) is 11.4 Å². The molecule has 1 N–H and O–H groups in total. The Hall–Kier alpha value is -1.08. The lowest BCUT2D eigenvalue weighted by Gasteiger charge is -2.21. The number of nitrogens with one attached hydrogen (secondary N) is 1. The van der Waals surface area contributed by atoms with Gasteiger partial charge in [-0.05, 0) is 19.9 Å². The Bertz CT molecular complexity index is 240. The molecule has 0 aromatic rings. The molecule has 2 unspecified atom stereocenters. The van der Waals surface area contributed by atoms with E-state index in [1.165, 1.54) is 0 Å². The van der Waals surface area contributed by atoms with Crippen molar-refractivity contribution in [2.75, 3.05) is 26.7 Å². The van der Waals surface area contributed by atoms with Gasteiger partial charge in [0.25, 0.3) is 0 Å². The highest BCUT2D eigenvalue weighted by molar-refractivity contribution is 5.79. The third kappa shape index (κ3) is 2.71. The number of rotatable bonds is 3. The molecule has 1 amide bonds. The van der Waals surface area contributed by atoms with Crippen LogP contribution in [0.3, 0.4) is 0 Å². The monoisotopic (exact) mass is 195 g/mol. The summed E-state index contributed by atoms with van der Waals surface area (Å²) < 4.78 is 0. The van der Waals surface area contributed by atoms with Crippen molar-refractivity contribution in [3.05, 3.63) is 0 Å². The van der Waals surface area contributed by atoms with E-state index in [0.29, 0.717) is 6.54 Å². The molecule has 4 nitrogen and oxygen atoms in total. The van der Waals surface area contributed by atoms with Crippen LogP contribution in [0.25, 0.3) is 0 Å². The number of carbonyl (C=O) groups excluding carboxylic acids is 1. The van der Waals surface area contributed by atoms with Gasteiger partial charge in [0.2, 0.25) is 5.91 Å². The van der Waals surface area contributed by atoms with Crippen LogP contribution in [0.15, 0.2) is 0 Å². The lowest BCUT2D eigenvalue weighted by molar-refractivity contribution is -0.133. The minimum absolute atomic E-state index is 0.0849. The molecule has 1 fully saturated rings. The van der Waals surface area contributed by atoms with E-state index < -0.39 is 0 Å². The molecule has 0 spiro atoms. The zero-order valence-electron chi connectivity index (χ0n) is 8.79. The zero-order chi connectivity index (χ0) is 10.6. The van der Waals surface area contributed by atoms with Gasteiger partial charge in [-0.1, -0.05) is 0 Å². The molecule has 1 rings (SSSR count). The first kappa shape index (κ1) is 11.0. The second kappa shape index (κ2) is 4.97. The van der Waals surface area contributed by atoms with Gasteiger partial charge in [0.05, 0.1) is 17.9 Å². The SMILES string of the molecule is CC(C#N)CN(C)C(=O)C1CCNC1. The van der Waals surface area contributed by atoms with E-state index in [0.717, 1.165) is 19.5 Å². The average Bonchev–Trinajstić information content (AvgIpc) is 2.69. The minimum Gasteiger partial charge on any atom is -0.344 e. The van der Waals surface area contributed by atoms with Gasteiger partial charge in [-0.15, -0.1) is 0 Å². The average molecular weight is 195 g/mol. The van der Waals surface area contributed by atoms with Crippen LogP contribution >= 0.6 is 0 Å². The van der Waals surface area contributed by atoms with E-state index in [1.807, 2.05) is 6.92 Å². The molecule has 1 aliphatic rings. The lowest BCUT2D eigenvalue weighted by Crippen LogP contribution is -2.36. The summed E-state index contributed by atoms with van der Waals surface area (Å²) in [7, 11) is 1.77. The smallest absolute Gasteiger partial charge is 0.226 e. The quantitative estimate of drug-likeness (QED) is 0.700. The van der Waals surface area contributed by atoms with Crippen molar-refractivity contribution in [1.29, 1.82) is 5.26 Å². The molecule has 0 aromatic carbocycles. The number of carbonyl (C=O) groups is 1. The van der Waals surface area contributed by atoms with Crippen LogP contribution in [0.4, 0.5) is 0 Å². The second-order valence-corrected chi connectivity index (χ2v) is 3.94. The first-order valence-electron chi connectivity index (χ1n) is 5.00. The van der Waals surface area contributed by atoms with Crippen LogP contribution < -0.4 is 5.32 Å². The predicted octanol–water partition coefficient (Wildman–Crippen LogP) is 0.214. The fourth-order valence-electron chi connectivity index (χ4n) is 1.72. The zero-order valence-corrected chi connectivity index (χ0v) is 8.79. The van der Waals surface area contributed by atoms with Crippen molar-refractivity contribution in [2.24, 2.45) is 11.8 Å². The molecule has 0 radical (unpaired) electrons. The number of nitriles is 1. The van der Waals surface area contributed by atoms with Crippen LogP contribution in [0.2, 0.25) is 0 Å². The van der Waals surface area contributed by atoms with Crippen molar-refractivity contribution in [2.45, 2.75) is 13.3 Å². The Morgan fingerprint density at radius 1 is 1.79 bits per heavy atom. The molecule has 0 bridgehead atoms. The Morgan fingerprint density at radius 2 is 2.50 bits per heavy atom. The summed E-state index contributed by atoms with van der Waals surface area (Å²) in [5.41, 5.74) is 0. The Balaban J connectivity index is 2.40. The van der Waals surface area contributed by atoms with Crippen LogP contribution in [0.5, 0.6) is 0 Å². The summed E-state index contributed by atoms with van der Waals surface area (Å²) in [6.45, 7) is 4.07. The minimum atomic E-state index is -0.0849. The summed E-state index contributed by atoms with van der Waals surface area (Å²) in [6, 6.07) is 2.13. The van der Waals surface area contributed by atoms with E-state index >= 15 is 0 Å². The molecular weight excluding hydrogens is 178 g/mol. The lowest BCUT2D eigenvalue weighted by atomic mass is 10.1. The molecule has 0 aromatic heterocycles. The summed E-state index contributed by atoms with van der Waals surface area (Å²) in [5.74, 6) is 0.196. The molecule has 1 heterocycles. The Labute approximate surface area is 84.9 Å². The number of nitrogens with zero attached hydrogens (tertiary/aromatic N) is 2. The summed E-state index contributed by atoms with van der Waals surface area (Å²) in [6.07, 6.45) is 0.921. The van der Waals surface area contributed by atoms with Crippen LogP contribution in [-0.2, 0) is 4.79 Å². The van der Waals surface area contributed by atoms with Gasteiger partial charge in [-0.25, -0.2) is 0 Å². The topological polar surface area (TPSA) is 56.1 Å². The van der Waals surface area contributed by atoms with Crippen molar-refractivity contribution in [3.63, 3.8) is 0 Å². The fourth-order valence-corrected chi connectivity index (χ4v) is 1.72. The molecular formula is C10H17N3O. The van der Waals surface area contributed by atoms with E-state index in [4.69, 9.17) is 5.26 Å². The molecule has 0 aliphatic carbocycles. The second-order valence-electron chi connectivity index (χ2n) is 3.94. The molecule has 1 aliphatic heterocycles. The highest BCUT2D eigenvalue weighted by Crippen LogP contribution is 2.11. The molecule has 1 saturated heterocycles. The van der Waals surface area contributed by atoms with Gasteiger partial charge in [-0.3, -0.25) is 4.79 Å². The maximum Gasteiger partial charge on any atom is 0.226 e. The fraction of sp³-hybridized carbons (Fsp3) is 0.800. The van der Waals surface area contributed by atoms with Crippen molar-refractivity contribution in [1.82, 2.24) is 10.2 Å². The summed E-state index contributed by atoms with van der Waals surface area (Å²) >= 11 is 0. The maximum absolute atomic E-state index is 11.8. The van der Waals surface area contributed by atoms with Crippen LogP contribution in [0.1, 0.15) is 13.3 Å². The van der Waals surface area contributed by atoms with Crippen LogP contribution in [-0.4, -0.2) is 37.5 Å². The van der Waals surface area contributed by atoms with E-state index in [1.54, 1.807) is 11.9 Å². The van der Waals surface area contributed by atoms with E-state index in [9.17, 15) is 4.79 Å². The number of hydrogen-bond acceptors (Lipinski definition) is 3. The first-order chi connectivity index (χ1) is 6.65. The normalized spacial score (nSPS) is 22.8. The first-order valence-corrected chi connectivity index (χ1v) is 5.00. The molecule has 0 saturated carbocycles.